The van der Waals surface area contributed by atoms with E-state index in [2.05, 4.69) is 27.4 Å². The van der Waals surface area contributed by atoms with Crippen molar-refractivity contribution in [3.8, 4) is 5.75 Å². The Morgan fingerprint density at radius 3 is 2.74 bits per heavy atom. The van der Waals surface area contributed by atoms with Crippen molar-refractivity contribution >= 4 is 23.4 Å². The Morgan fingerprint density at radius 2 is 2.09 bits per heavy atom. The summed E-state index contributed by atoms with van der Waals surface area (Å²) in [7, 11) is 0. The van der Waals surface area contributed by atoms with Crippen molar-refractivity contribution in [2.24, 2.45) is 0 Å². The Labute approximate surface area is 140 Å². The van der Waals surface area contributed by atoms with Crippen LogP contribution in [-0.2, 0) is 11.2 Å². The Bertz CT molecular complexity index is 627. The van der Waals surface area contributed by atoms with Crippen LogP contribution in [0.5, 0.6) is 5.75 Å². The summed E-state index contributed by atoms with van der Waals surface area (Å²) in [5.41, 5.74) is 0.743. The van der Waals surface area contributed by atoms with Gasteiger partial charge in [-0.05, 0) is 44.5 Å². The van der Waals surface area contributed by atoms with Crippen LogP contribution in [0.25, 0.3) is 0 Å². The van der Waals surface area contributed by atoms with Gasteiger partial charge in [0, 0.05) is 12.1 Å². The van der Waals surface area contributed by atoms with E-state index in [0.29, 0.717) is 11.8 Å². The number of anilines is 1. The SMILES string of the molecule is CCCc1nc(SC(C)C(=O)Nc2ccc(OCC)cc2)n[nH]1. The first-order valence-electron chi connectivity index (χ1n) is 7.74. The minimum absolute atomic E-state index is 0.0824. The quantitative estimate of drug-likeness (QED) is 0.724. The third-order valence-electron chi connectivity index (χ3n) is 3.08. The molecule has 2 N–H and O–H groups in total. The zero-order valence-corrected chi connectivity index (χ0v) is 14.4. The highest BCUT2D eigenvalue weighted by Gasteiger charge is 2.17. The summed E-state index contributed by atoms with van der Waals surface area (Å²) in [5.74, 6) is 1.56. The van der Waals surface area contributed by atoms with Gasteiger partial charge in [0.05, 0.1) is 11.9 Å². The van der Waals surface area contributed by atoms with E-state index >= 15 is 0 Å². The Hall–Kier alpha value is -2.02. The molecule has 0 aliphatic heterocycles. The second-order valence-electron chi connectivity index (χ2n) is 5.02. The van der Waals surface area contributed by atoms with Crippen molar-refractivity contribution < 1.29 is 9.53 Å². The average molecular weight is 334 g/mol. The summed E-state index contributed by atoms with van der Waals surface area (Å²) >= 11 is 1.34. The Kier molecular flexibility index (Phi) is 6.46. The van der Waals surface area contributed by atoms with E-state index < -0.39 is 0 Å². The standard InChI is InChI=1S/C16H22N4O2S/c1-4-6-14-18-16(20-19-14)23-11(3)15(21)17-12-7-9-13(10-8-12)22-5-2/h7-11H,4-6H2,1-3H3,(H,17,21)(H,18,19,20). The molecule has 23 heavy (non-hydrogen) atoms. The van der Waals surface area contributed by atoms with Gasteiger partial charge in [0.1, 0.15) is 11.6 Å². The minimum Gasteiger partial charge on any atom is -0.494 e. The molecule has 2 rings (SSSR count). The predicted octanol–water partition coefficient (Wildman–Crippen LogP) is 3.28. The molecule has 1 aromatic heterocycles. The normalized spacial score (nSPS) is 12.0. The van der Waals surface area contributed by atoms with Gasteiger partial charge >= 0.3 is 0 Å². The van der Waals surface area contributed by atoms with E-state index in [4.69, 9.17) is 4.74 Å². The van der Waals surface area contributed by atoms with Crippen LogP contribution >= 0.6 is 11.8 Å². The lowest BCUT2D eigenvalue weighted by atomic mass is 10.3. The van der Waals surface area contributed by atoms with Gasteiger partial charge in [-0.1, -0.05) is 18.7 Å². The molecule has 1 heterocycles. The van der Waals surface area contributed by atoms with Gasteiger partial charge in [0.25, 0.3) is 0 Å². The predicted molar refractivity (Wildman–Crippen MR) is 91.9 cm³/mol. The number of nitrogens with zero attached hydrogens (tertiary/aromatic N) is 2. The molecule has 6 nitrogen and oxygen atoms in total. The molecule has 0 bridgehead atoms. The molecule has 1 aromatic carbocycles. The van der Waals surface area contributed by atoms with Gasteiger partial charge < -0.3 is 10.1 Å². The molecule has 124 valence electrons. The highest BCUT2D eigenvalue weighted by Crippen LogP contribution is 2.22. The number of carbonyl (C=O) groups excluding carboxylic acids is 1. The van der Waals surface area contributed by atoms with E-state index in [9.17, 15) is 4.79 Å². The molecule has 1 amide bonds. The van der Waals surface area contributed by atoms with Crippen molar-refractivity contribution in [3.63, 3.8) is 0 Å². The summed E-state index contributed by atoms with van der Waals surface area (Å²) in [6.07, 6.45) is 1.87. The van der Waals surface area contributed by atoms with E-state index in [1.165, 1.54) is 11.8 Å². The zero-order valence-electron chi connectivity index (χ0n) is 13.6. The van der Waals surface area contributed by atoms with Gasteiger partial charge in [-0.2, -0.15) is 0 Å². The maximum Gasteiger partial charge on any atom is 0.237 e. The first-order chi connectivity index (χ1) is 11.1. The van der Waals surface area contributed by atoms with Crippen LogP contribution in [0.4, 0.5) is 5.69 Å². The van der Waals surface area contributed by atoms with E-state index in [1.54, 1.807) is 0 Å². The van der Waals surface area contributed by atoms with Crippen molar-refractivity contribution in [2.45, 2.75) is 44.0 Å². The fourth-order valence-corrected chi connectivity index (χ4v) is 2.68. The number of amides is 1. The summed E-state index contributed by atoms with van der Waals surface area (Å²) in [5, 5.41) is 10.2. The number of aryl methyl sites for hydroxylation is 1. The summed E-state index contributed by atoms with van der Waals surface area (Å²) in [4.78, 5) is 16.6. The topological polar surface area (TPSA) is 79.9 Å². The van der Waals surface area contributed by atoms with Crippen molar-refractivity contribution in [1.82, 2.24) is 15.2 Å². The first-order valence-corrected chi connectivity index (χ1v) is 8.62. The molecule has 1 unspecified atom stereocenters. The number of carbonyl (C=O) groups is 1. The number of H-pyrrole nitrogens is 1. The molecule has 0 saturated heterocycles. The number of thioether (sulfide) groups is 1. The van der Waals surface area contributed by atoms with Crippen LogP contribution < -0.4 is 10.1 Å². The van der Waals surface area contributed by atoms with Crippen LogP contribution in [0.15, 0.2) is 29.4 Å². The second-order valence-corrected chi connectivity index (χ2v) is 6.33. The first kappa shape index (κ1) is 17.3. The smallest absolute Gasteiger partial charge is 0.237 e. The fourth-order valence-electron chi connectivity index (χ4n) is 1.94. The third-order valence-corrected chi connectivity index (χ3v) is 4.04. The molecule has 0 aliphatic rings. The molecule has 0 aliphatic carbocycles. The Morgan fingerprint density at radius 1 is 1.35 bits per heavy atom. The number of hydrogen-bond donors (Lipinski definition) is 2. The highest BCUT2D eigenvalue weighted by molar-refractivity contribution is 8.00. The van der Waals surface area contributed by atoms with Gasteiger partial charge in [0.2, 0.25) is 11.1 Å². The average Bonchev–Trinajstić information content (AvgIpc) is 2.97. The lowest BCUT2D eigenvalue weighted by Crippen LogP contribution is -2.22. The number of ether oxygens (including phenoxy) is 1. The molecule has 0 radical (unpaired) electrons. The molecule has 1 atom stereocenters. The van der Waals surface area contributed by atoms with Crippen LogP contribution in [0.1, 0.15) is 33.0 Å². The van der Waals surface area contributed by atoms with Crippen molar-refractivity contribution in [1.29, 1.82) is 0 Å². The van der Waals surface area contributed by atoms with Gasteiger partial charge in [-0.25, -0.2) is 4.98 Å². The molecule has 0 spiro atoms. The van der Waals surface area contributed by atoms with Gasteiger partial charge in [-0.3, -0.25) is 9.89 Å². The van der Waals surface area contributed by atoms with Crippen LogP contribution in [0.2, 0.25) is 0 Å². The van der Waals surface area contributed by atoms with Crippen LogP contribution in [0, 0.1) is 0 Å². The minimum atomic E-state index is -0.285. The molecule has 7 heteroatoms. The van der Waals surface area contributed by atoms with E-state index in [0.717, 1.165) is 30.1 Å². The van der Waals surface area contributed by atoms with Gasteiger partial charge in [0.15, 0.2) is 0 Å². The van der Waals surface area contributed by atoms with Crippen molar-refractivity contribution in [2.75, 3.05) is 11.9 Å². The second kappa shape index (κ2) is 8.57. The molecule has 0 fully saturated rings. The van der Waals surface area contributed by atoms with E-state index in [1.807, 2.05) is 38.1 Å². The number of aromatic nitrogens is 3. The summed E-state index contributed by atoms with van der Waals surface area (Å²) in [6, 6.07) is 7.32. The highest BCUT2D eigenvalue weighted by atomic mass is 32.2. The lowest BCUT2D eigenvalue weighted by Gasteiger charge is -2.10. The number of nitrogens with one attached hydrogen (secondary N) is 2. The summed E-state index contributed by atoms with van der Waals surface area (Å²) < 4.78 is 5.38. The van der Waals surface area contributed by atoms with E-state index in [-0.39, 0.29) is 11.2 Å². The third kappa shape index (κ3) is 5.28. The number of aromatic amines is 1. The molecule has 2 aromatic rings. The Balaban J connectivity index is 1.88. The maximum atomic E-state index is 12.2. The molecular weight excluding hydrogens is 312 g/mol. The number of hydrogen-bond acceptors (Lipinski definition) is 5. The summed E-state index contributed by atoms with van der Waals surface area (Å²) in [6.45, 7) is 6.48. The largest absolute Gasteiger partial charge is 0.494 e. The van der Waals surface area contributed by atoms with Crippen LogP contribution in [-0.4, -0.2) is 32.9 Å². The van der Waals surface area contributed by atoms with Gasteiger partial charge in [-0.15, -0.1) is 5.10 Å². The lowest BCUT2D eigenvalue weighted by molar-refractivity contribution is -0.115. The molecule has 0 saturated carbocycles. The fraction of sp³-hybridized carbons (Fsp3) is 0.438. The molecular formula is C16H22N4O2S. The monoisotopic (exact) mass is 334 g/mol. The van der Waals surface area contributed by atoms with Crippen LogP contribution in [0.3, 0.4) is 0 Å². The zero-order chi connectivity index (χ0) is 16.7. The van der Waals surface area contributed by atoms with Crippen molar-refractivity contribution in [3.05, 3.63) is 30.1 Å². The number of rotatable bonds is 8. The number of benzene rings is 1. The maximum absolute atomic E-state index is 12.2.